The molecule has 1 unspecified atom stereocenters. The lowest BCUT2D eigenvalue weighted by molar-refractivity contribution is -0.0597. The van der Waals surface area contributed by atoms with Gasteiger partial charge in [0.15, 0.2) is 0 Å². The van der Waals surface area contributed by atoms with Gasteiger partial charge in [0.2, 0.25) is 0 Å². The second kappa shape index (κ2) is 6.17. The number of hydrogen-bond acceptors (Lipinski definition) is 2. The van der Waals surface area contributed by atoms with E-state index >= 15 is 0 Å². The number of hydrogen-bond donors (Lipinski definition) is 1. The van der Waals surface area contributed by atoms with Crippen molar-refractivity contribution in [1.82, 2.24) is 5.32 Å². The third-order valence-corrected chi connectivity index (χ3v) is 2.74. The normalized spacial score (nSPS) is 14.2. The largest absolute Gasteiger partial charge is 0.373 e. The monoisotopic (exact) mass is 185 g/mol. The maximum atomic E-state index is 5.84. The number of likely N-dealkylation sites (N-methyl/N-ethyl adjacent to an activating group) is 1. The fourth-order valence-corrected chi connectivity index (χ4v) is 1.87. The minimum atomic E-state index is -0.0781. The lowest BCUT2D eigenvalue weighted by atomic mass is 9.88. The van der Waals surface area contributed by atoms with Crippen LogP contribution in [0.4, 0.5) is 0 Å². The van der Waals surface area contributed by atoms with E-state index in [2.05, 4.69) is 25.7 Å². The maximum Gasteiger partial charge on any atom is 0.0864 e. The molecule has 0 amide bonds. The zero-order valence-electron chi connectivity index (χ0n) is 9.39. The Morgan fingerprint density at radius 1 is 1.38 bits per heavy atom. The highest BCUT2D eigenvalue weighted by Gasteiger charge is 2.33. The lowest BCUT2D eigenvalue weighted by Gasteiger charge is -2.37. The van der Waals surface area contributed by atoms with Crippen LogP contribution in [-0.4, -0.2) is 25.3 Å². The third-order valence-electron chi connectivity index (χ3n) is 2.74. The van der Waals surface area contributed by atoms with Gasteiger partial charge in [-0.25, -0.2) is 0 Å². The van der Waals surface area contributed by atoms with Gasteiger partial charge in [-0.15, -0.1) is 6.58 Å². The van der Waals surface area contributed by atoms with Crippen LogP contribution in [0.1, 0.15) is 33.6 Å². The minimum Gasteiger partial charge on any atom is -0.373 e. The zero-order valence-corrected chi connectivity index (χ0v) is 9.39. The Morgan fingerprint density at radius 3 is 2.15 bits per heavy atom. The number of nitrogens with one attached hydrogen (secondary N) is 1. The molecule has 1 N–H and O–H groups in total. The fourth-order valence-electron chi connectivity index (χ4n) is 1.87. The predicted molar refractivity (Wildman–Crippen MR) is 58.0 cm³/mol. The first kappa shape index (κ1) is 12.7. The molecule has 0 aliphatic heterocycles. The minimum absolute atomic E-state index is 0.0781. The van der Waals surface area contributed by atoms with Crippen molar-refractivity contribution in [2.24, 2.45) is 0 Å². The Morgan fingerprint density at radius 2 is 1.92 bits per heavy atom. The fraction of sp³-hybridized carbons (Fsp3) is 0.818. The van der Waals surface area contributed by atoms with Gasteiger partial charge in [0.1, 0.15) is 0 Å². The van der Waals surface area contributed by atoms with E-state index in [1.54, 1.807) is 0 Å². The first-order valence-electron chi connectivity index (χ1n) is 5.14. The molecule has 1 atom stereocenters. The summed E-state index contributed by atoms with van der Waals surface area (Å²) in [6.45, 7) is 10.9. The standard InChI is InChI=1S/C11H23NO/c1-6-10(12-5)11(7-2,8-3)13-9-4/h6,10,12H,1,7-9H2,2-5H3. The first-order chi connectivity index (χ1) is 6.20. The van der Waals surface area contributed by atoms with E-state index in [4.69, 9.17) is 4.74 Å². The highest BCUT2D eigenvalue weighted by molar-refractivity contribution is 5.01. The van der Waals surface area contributed by atoms with Gasteiger partial charge in [-0.3, -0.25) is 0 Å². The summed E-state index contributed by atoms with van der Waals surface area (Å²) < 4.78 is 5.84. The van der Waals surface area contributed by atoms with Crippen LogP contribution >= 0.6 is 0 Å². The molecule has 0 aromatic rings. The Labute approximate surface area is 82.4 Å². The lowest BCUT2D eigenvalue weighted by Crippen LogP contribution is -2.49. The molecule has 2 heteroatoms. The average Bonchev–Trinajstić information content (AvgIpc) is 2.18. The van der Waals surface area contributed by atoms with Crippen LogP contribution in [-0.2, 0) is 4.74 Å². The Hall–Kier alpha value is -0.340. The predicted octanol–water partition coefficient (Wildman–Crippen LogP) is 2.36. The van der Waals surface area contributed by atoms with Gasteiger partial charge in [-0.2, -0.15) is 0 Å². The molecule has 0 aromatic carbocycles. The highest BCUT2D eigenvalue weighted by atomic mass is 16.5. The molecular weight excluding hydrogens is 162 g/mol. The first-order valence-corrected chi connectivity index (χ1v) is 5.14. The zero-order chi connectivity index (χ0) is 10.3. The van der Waals surface area contributed by atoms with E-state index in [1.807, 2.05) is 20.0 Å². The second-order valence-corrected chi connectivity index (χ2v) is 3.21. The van der Waals surface area contributed by atoms with Gasteiger partial charge in [0, 0.05) is 6.61 Å². The SMILES string of the molecule is C=CC(NC)C(CC)(CC)OCC. The van der Waals surface area contributed by atoms with E-state index < -0.39 is 0 Å². The topological polar surface area (TPSA) is 21.3 Å². The van der Waals surface area contributed by atoms with E-state index in [0.717, 1.165) is 19.4 Å². The molecule has 0 rings (SSSR count). The Kier molecular flexibility index (Phi) is 6.00. The molecule has 0 saturated heterocycles. The summed E-state index contributed by atoms with van der Waals surface area (Å²) in [5.41, 5.74) is -0.0781. The highest BCUT2D eigenvalue weighted by Crippen LogP contribution is 2.25. The Bertz CT molecular complexity index is 141. The molecule has 0 fully saturated rings. The molecule has 0 aromatic heterocycles. The summed E-state index contributed by atoms with van der Waals surface area (Å²) >= 11 is 0. The van der Waals surface area contributed by atoms with Gasteiger partial charge >= 0.3 is 0 Å². The summed E-state index contributed by atoms with van der Waals surface area (Å²) in [5.74, 6) is 0. The molecule has 0 aliphatic carbocycles. The summed E-state index contributed by atoms with van der Waals surface area (Å²) in [7, 11) is 1.95. The maximum absolute atomic E-state index is 5.84. The van der Waals surface area contributed by atoms with Crippen molar-refractivity contribution < 1.29 is 4.74 Å². The molecule has 2 nitrogen and oxygen atoms in total. The van der Waals surface area contributed by atoms with Crippen molar-refractivity contribution in [3.63, 3.8) is 0 Å². The molecule has 0 spiro atoms. The average molecular weight is 185 g/mol. The van der Waals surface area contributed by atoms with Gasteiger partial charge < -0.3 is 10.1 Å². The van der Waals surface area contributed by atoms with Crippen LogP contribution in [0.3, 0.4) is 0 Å². The van der Waals surface area contributed by atoms with Crippen molar-refractivity contribution in [1.29, 1.82) is 0 Å². The number of ether oxygens (including phenoxy) is 1. The van der Waals surface area contributed by atoms with Gasteiger partial charge in [-0.1, -0.05) is 19.9 Å². The van der Waals surface area contributed by atoms with Crippen LogP contribution < -0.4 is 5.32 Å². The van der Waals surface area contributed by atoms with Crippen LogP contribution in [0, 0.1) is 0 Å². The summed E-state index contributed by atoms with van der Waals surface area (Å²) in [6, 6.07) is 0.238. The summed E-state index contributed by atoms with van der Waals surface area (Å²) in [5, 5.41) is 3.24. The molecule has 0 heterocycles. The summed E-state index contributed by atoms with van der Waals surface area (Å²) in [4.78, 5) is 0. The molecule has 13 heavy (non-hydrogen) atoms. The van der Waals surface area contributed by atoms with Crippen LogP contribution in [0.15, 0.2) is 12.7 Å². The quantitative estimate of drug-likeness (QED) is 0.615. The van der Waals surface area contributed by atoms with Crippen molar-refractivity contribution >= 4 is 0 Å². The Balaban J connectivity index is 4.59. The van der Waals surface area contributed by atoms with Crippen LogP contribution in [0.2, 0.25) is 0 Å². The number of rotatable bonds is 7. The van der Waals surface area contributed by atoms with E-state index in [0.29, 0.717) is 0 Å². The molecular formula is C11H23NO. The van der Waals surface area contributed by atoms with Crippen molar-refractivity contribution in [2.45, 2.75) is 45.3 Å². The van der Waals surface area contributed by atoms with Crippen molar-refractivity contribution in [3.8, 4) is 0 Å². The smallest absolute Gasteiger partial charge is 0.0864 e. The van der Waals surface area contributed by atoms with E-state index in [9.17, 15) is 0 Å². The molecule has 0 saturated carbocycles. The third kappa shape index (κ3) is 2.82. The van der Waals surface area contributed by atoms with E-state index in [1.165, 1.54) is 0 Å². The van der Waals surface area contributed by atoms with Gasteiger partial charge in [0.05, 0.1) is 11.6 Å². The molecule has 0 radical (unpaired) electrons. The van der Waals surface area contributed by atoms with Crippen molar-refractivity contribution in [3.05, 3.63) is 12.7 Å². The van der Waals surface area contributed by atoms with Crippen molar-refractivity contribution in [2.75, 3.05) is 13.7 Å². The summed E-state index contributed by atoms with van der Waals surface area (Å²) in [6.07, 6.45) is 3.95. The van der Waals surface area contributed by atoms with Crippen LogP contribution in [0.25, 0.3) is 0 Å². The molecule has 0 aliphatic rings. The van der Waals surface area contributed by atoms with E-state index in [-0.39, 0.29) is 11.6 Å². The molecule has 78 valence electrons. The molecule has 0 bridgehead atoms. The van der Waals surface area contributed by atoms with Crippen LogP contribution in [0.5, 0.6) is 0 Å². The van der Waals surface area contributed by atoms with Gasteiger partial charge in [-0.05, 0) is 26.8 Å². The van der Waals surface area contributed by atoms with Gasteiger partial charge in [0.25, 0.3) is 0 Å². The second-order valence-electron chi connectivity index (χ2n) is 3.21.